The second-order valence-electron chi connectivity index (χ2n) is 3.40. The summed E-state index contributed by atoms with van der Waals surface area (Å²) < 4.78 is 19.6. The van der Waals surface area contributed by atoms with E-state index in [2.05, 4.69) is 15.9 Å². The zero-order chi connectivity index (χ0) is 13.1. The number of benzene rings is 2. The van der Waals surface area contributed by atoms with E-state index in [-0.39, 0.29) is 22.1 Å². The van der Waals surface area contributed by atoms with Crippen molar-refractivity contribution in [2.75, 3.05) is 0 Å². The van der Waals surface area contributed by atoms with E-state index >= 15 is 0 Å². The van der Waals surface area contributed by atoms with Gasteiger partial charge in [0.25, 0.3) is 0 Å². The molecule has 0 aliphatic heterocycles. The van der Waals surface area contributed by atoms with Crippen LogP contribution < -0.4 is 4.74 Å². The third-order valence-electron chi connectivity index (χ3n) is 2.20. The number of hydrogen-bond acceptors (Lipinski definition) is 2. The van der Waals surface area contributed by atoms with E-state index in [1.807, 2.05) is 6.07 Å². The first kappa shape index (κ1) is 12.9. The average Bonchev–Trinajstić information content (AvgIpc) is 2.34. The molecule has 0 radical (unpaired) electrons. The highest BCUT2D eigenvalue weighted by atomic mass is 79.9. The summed E-state index contributed by atoms with van der Waals surface area (Å²) in [6, 6.07) is 11.0. The van der Waals surface area contributed by atoms with Crippen LogP contribution in [0, 0.1) is 17.1 Å². The molecule has 0 saturated carbocycles. The van der Waals surface area contributed by atoms with Crippen molar-refractivity contribution in [2.24, 2.45) is 0 Å². The maximum atomic E-state index is 13.5. The molecule has 0 aliphatic carbocycles. The third-order valence-corrected chi connectivity index (χ3v) is 3.01. The topological polar surface area (TPSA) is 33.0 Å². The first-order chi connectivity index (χ1) is 8.61. The molecule has 0 aliphatic rings. The second kappa shape index (κ2) is 5.38. The van der Waals surface area contributed by atoms with Gasteiger partial charge in [0.15, 0.2) is 11.6 Å². The van der Waals surface area contributed by atoms with E-state index in [0.717, 1.165) is 0 Å². The highest BCUT2D eigenvalue weighted by molar-refractivity contribution is 9.10. The number of nitrogens with zero attached hydrogens (tertiary/aromatic N) is 1. The summed E-state index contributed by atoms with van der Waals surface area (Å²) in [5, 5.41) is 9.25. The lowest BCUT2D eigenvalue weighted by Gasteiger charge is -2.09. The fraction of sp³-hybridized carbons (Fsp3) is 0. The van der Waals surface area contributed by atoms with Gasteiger partial charge in [0, 0.05) is 4.47 Å². The van der Waals surface area contributed by atoms with E-state index in [1.54, 1.807) is 24.3 Å². The van der Waals surface area contributed by atoms with Crippen molar-refractivity contribution in [1.82, 2.24) is 0 Å². The molecule has 0 heterocycles. The molecule has 0 saturated heterocycles. The largest absolute Gasteiger partial charge is 0.453 e. The van der Waals surface area contributed by atoms with E-state index in [1.165, 1.54) is 12.1 Å². The third kappa shape index (κ3) is 2.63. The lowest BCUT2D eigenvalue weighted by molar-refractivity contribution is 0.441. The van der Waals surface area contributed by atoms with Crippen LogP contribution in [0.1, 0.15) is 5.56 Å². The van der Waals surface area contributed by atoms with Crippen LogP contribution in [0.25, 0.3) is 0 Å². The van der Waals surface area contributed by atoms with Crippen molar-refractivity contribution in [3.63, 3.8) is 0 Å². The summed E-state index contributed by atoms with van der Waals surface area (Å²) in [4.78, 5) is 0. The highest BCUT2D eigenvalue weighted by Gasteiger charge is 2.11. The molecule has 0 unspecified atom stereocenters. The lowest BCUT2D eigenvalue weighted by atomic mass is 10.2. The Bertz CT molecular complexity index is 639. The van der Waals surface area contributed by atoms with Crippen LogP contribution in [-0.4, -0.2) is 0 Å². The lowest BCUT2D eigenvalue weighted by Crippen LogP contribution is -1.91. The minimum absolute atomic E-state index is 0.0307. The van der Waals surface area contributed by atoms with Crippen molar-refractivity contribution in [3.8, 4) is 17.6 Å². The van der Waals surface area contributed by atoms with Crippen molar-refractivity contribution < 1.29 is 9.13 Å². The number of ether oxygens (including phenoxy) is 1. The van der Waals surface area contributed by atoms with Gasteiger partial charge in [-0.05, 0) is 30.3 Å². The first-order valence-electron chi connectivity index (χ1n) is 4.93. The van der Waals surface area contributed by atoms with Gasteiger partial charge in [-0.3, -0.25) is 0 Å². The van der Waals surface area contributed by atoms with E-state index in [4.69, 9.17) is 21.6 Å². The van der Waals surface area contributed by atoms with Crippen LogP contribution in [0.2, 0.25) is 5.02 Å². The zero-order valence-electron chi connectivity index (χ0n) is 8.95. The van der Waals surface area contributed by atoms with Gasteiger partial charge in [-0.1, -0.05) is 33.6 Å². The molecule has 2 nitrogen and oxygen atoms in total. The quantitative estimate of drug-likeness (QED) is 0.786. The van der Waals surface area contributed by atoms with E-state index < -0.39 is 5.82 Å². The summed E-state index contributed by atoms with van der Waals surface area (Å²) in [6.45, 7) is 0. The summed E-state index contributed by atoms with van der Waals surface area (Å²) in [6.07, 6.45) is 0. The van der Waals surface area contributed by atoms with Gasteiger partial charge in [-0.2, -0.15) is 5.26 Å². The Kier molecular flexibility index (Phi) is 3.85. The zero-order valence-corrected chi connectivity index (χ0v) is 11.3. The second-order valence-corrected chi connectivity index (χ2v) is 4.72. The van der Waals surface area contributed by atoms with Gasteiger partial charge in [0.1, 0.15) is 17.4 Å². The highest BCUT2D eigenvalue weighted by Crippen LogP contribution is 2.32. The molecule has 0 fully saturated rings. The molecular weight excluding hydrogens is 321 g/mol. The molecule has 18 heavy (non-hydrogen) atoms. The van der Waals surface area contributed by atoms with Crippen LogP contribution in [0.5, 0.6) is 11.5 Å². The summed E-state index contributed by atoms with van der Waals surface area (Å²) in [5.41, 5.74) is 0.179. The van der Waals surface area contributed by atoms with Crippen molar-refractivity contribution in [2.45, 2.75) is 0 Å². The fourth-order valence-electron chi connectivity index (χ4n) is 1.37. The Morgan fingerprint density at radius 2 is 2.00 bits per heavy atom. The molecule has 2 aromatic rings. The summed E-state index contributed by atoms with van der Waals surface area (Å²) in [7, 11) is 0. The Morgan fingerprint density at radius 1 is 1.22 bits per heavy atom. The van der Waals surface area contributed by atoms with Crippen LogP contribution in [0.4, 0.5) is 4.39 Å². The maximum Gasteiger partial charge on any atom is 0.165 e. The normalized spacial score (nSPS) is 9.89. The Morgan fingerprint density at radius 3 is 2.72 bits per heavy atom. The van der Waals surface area contributed by atoms with Gasteiger partial charge in [0.2, 0.25) is 0 Å². The molecule has 2 rings (SSSR count). The molecule has 2 aromatic carbocycles. The molecule has 0 atom stereocenters. The predicted molar refractivity (Wildman–Crippen MR) is 70.3 cm³/mol. The fourth-order valence-corrected chi connectivity index (χ4v) is 1.92. The number of rotatable bonds is 2. The Hall–Kier alpha value is -1.57. The standard InChI is InChI=1S/C13H6BrClFNO/c14-8-4-5-11(16)13(6-8)18-12-3-1-2-10(15)9(12)7-17/h1-6H. The Labute approximate surface area is 117 Å². The van der Waals surface area contributed by atoms with E-state index in [0.29, 0.717) is 4.47 Å². The van der Waals surface area contributed by atoms with Crippen molar-refractivity contribution in [1.29, 1.82) is 5.26 Å². The van der Waals surface area contributed by atoms with Crippen LogP contribution in [-0.2, 0) is 0 Å². The molecule has 0 amide bonds. The molecule has 0 bridgehead atoms. The number of nitriles is 1. The minimum Gasteiger partial charge on any atom is -0.453 e. The molecule has 5 heteroatoms. The molecule has 0 aromatic heterocycles. The van der Waals surface area contributed by atoms with E-state index in [9.17, 15) is 4.39 Å². The van der Waals surface area contributed by atoms with Crippen molar-refractivity contribution in [3.05, 3.63) is 57.3 Å². The van der Waals surface area contributed by atoms with Gasteiger partial charge in [0.05, 0.1) is 5.02 Å². The van der Waals surface area contributed by atoms with Gasteiger partial charge in [-0.25, -0.2) is 4.39 Å². The number of halogens is 3. The van der Waals surface area contributed by atoms with Gasteiger partial charge < -0.3 is 4.74 Å². The van der Waals surface area contributed by atoms with Crippen LogP contribution >= 0.6 is 27.5 Å². The van der Waals surface area contributed by atoms with Crippen LogP contribution in [0.3, 0.4) is 0 Å². The number of hydrogen-bond donors (Lipinski definition) is 0. The molecule has 0 spiro atoms. The molecule has 0 N–H and O–H groups in total. The maximum absolute atomic E-state index is 13.5. The van der Waals surface area contributed by atoms with Crippen LogP contribution in [0.15, 0.2) is 40.9 Å². The predicted octanol–water partition coefficient (Wildman–Crippen LogP) is 4.91. The SMILES string of the molecule is N#Cc1c(Cl)cccc1Oc1cc(Br)ccc1F. The monoisotopic (exact) mass is 325 g/mol. The van der Waals surface area contributed by atoms with Gasteiger partial charge in [-0.15, -0.1) is 0 Å². The smallest absolute Gasteiger partial charge is 0.165 e. The first-order valence-corrected chi connectivity index (χ1v) is 6.10. The minimum atomic E-state index is -0.512. The molecular formula is C13H6BrClFNO. The summed E-state index contributed by atoms with van der Waals surface area (Å²) >= 11 is 9.08. The van der Waals surface area contributed by atoms with Gasteiger partial charge >= 0.3 is 0 Å². The molecule has 90 valence electrons. The summed E-state index contributed by atoms with van der Waals surface area (Å²) in [5.74, 6) is -0.257. The van der Waals surface area contributed by atoms with Crippen molar-refractivity contribution >= 4 is 27.5 Å². The average molecular weight is 327 g/mol. The Balaban J connectivity index is 2.44.